The average Bonchev–Trinajstić information content (AvgIpc) is 2.83. The van der Waals surface area contributed by atoms with Crippen LogP contribution in [0, 0.1) is 0 Å². The monoisotopic (exact) mass is 256 g/mol. The van der Waals surface area contributed by atoms with Gasteiger partial charge in [0.1, 0.15) is 0 Å². The number of hydrogen-bond acceptors (Lipinski definition) is 3. The molecule has 0 fully saturated rings. The lowest BCUT2D eigenvalue weighted by molar-refractivity contribution is 0.258. The first kappa shape index (κ1) is 12.2. The minimum Gasteiger partial charge on any atom is -0.398 e. The van der Waals surface area contributed by atoms with Crippen LogP contribution in [0.3, 0.4) is 0 Å². The summed E-state index contributed by atoms with van der Waals surface area (Å²) in [6, 6.07) is 6.26. The van der Waals surface area contributed by atoms with Crippen molar-refractivity contribution < 1.29 is 0 Å². The lowest BCUT2D eigenvalue weighted by Crippen LogP contribution is -2.32. The van der Waals surface area contributed by atoms with E-state index in [-0.39, 0.29) is 0 Å². The number of benzene rings is 1. The highest BCUT2D eigenvalue weighted by atomic mass is 15.2. The van der Waals surface area contributed by atoms with E-state index in [1.54, 1.807) is 0 Å². The predicted octanol–water partition coefficient (Wildman–Crippen LogP) is 1.60. The van der Waals surface area contributed by atoms with E-state index in [4.69, 9.17) is 5.73 Å². The van der Waals surface area contributed by atoms with Crippen LogP contribution in [0.25, 0.3) is 0 Å². The fraction of sp³-hybridized carbons (Fsp3) is 0.400. The molecule has 0 saturated heterocycles. The normalized spacial score (nSPS) is 15.4. The number of aryl methyl sites for hydroxylation is 1. The minimum atomic E-state index is 0.934. The number of nitrogens with zero attached hydrogens (tertiary/aromatic N) is 3. The van der Waals surface area contributed by atoms with E-state index < -0.39 is 0 Å². The smallest absolute Gasteiger partial charge is 0.0522 e. The van der Waals surface area contributed by atoms with Gasteiger partial charge in [-0.1, -0.05) is 12.1 Å². The fourth-order valence-corrected chi connectivity index (χ4v) is 2.74. The highest BCUT2D eigenvalue weighted by Crippen LogP contribution is 2.24. The van der Waals surface area contributed by atoms with Crippen molar-refractivity contribution in [3.63, 3.8) is 0 Å². The number of hydrogen-bond donors (Lipinski definition) is 1. The molecule has 0 bridgehead atoms. The molecule has 1 aromatic heterocycles. The Bertz CT molecular complexity index is 573. The number of nitrogen functional groups attached to an aromatic ring is 1. The largest absolute Gasteiger partial charge is 0.398 e. The van der Waals surface area contributed by atoms with Gasteiger partial charge in [-0.15, -0.1) is 0 Å². The van der Waals surface area contributed by atoms with Gasteiger partial charge in [0.2, 0.25) is 0 Å². The maximum Gasteiger partial charge on any atom is 0.0522 e. The van der Waals surface area contributed by atoms with Crippen LogP contribution in [-0.4, -0.2) is 27.8 Å². The molecule has 0 unspecified atom stereocenters. The van der Waals surface area contributed by atoms with Crippen LogP contribution in [0.5, 0.6) is 0 Å². The summed E-state index contributed by atoms with van der Waals surface area (Å²) in [5.74, 6) is 0. The van der Waals surface area contributed by atoms with E-state index in [1.807, 2.05) is 24.0 Å². The molecule has 1 aromatic carbocycles. The molecule has 4 nitrogen and oxygen atoms in total. The van der Waals surface area contributed by atoms with Crippen LogP contribution in [0.4, 0.5) is 5.69 Å². The zero-order valence-electron chi connectivity index (χ0n) is 11.3. The highest BCUT2D eigenvalue weighted by molar-refractivity contribution is 5.51. The van der Waals surface area contributed by atoms with E-state index in [0.717, 1.165) is 38.2 Å². The quantitative estimate of drug-likeness (QED) is 0.849. The summed E-state index contributed by atoms with van der Waals surface area (Å²) < 4.78 is 1.86. The van der Waals surface area contributed by atoms with Gasteiger partial charge in [0.15, 0.2) is 0 Å². The zero-order valence-corrected chi connectivity index (χ0v) is 11.3. The van der Waals surface area contributed by atoms with E-state index >= 15 is 0 Å². The Kier molecular flexibility index (Phi) is 3.25. The van der Waals surface area contributed by atoms with Gasteiger partial charge in [0.25, 0.3) is 0 Å². The van der Waals surface area contributed by atoms with Crippen molar-refractivity contribution in [1.29, 1.82) is 0 Å². The summed E-state index contributed by atoms with van der Waals surface area (Å²) >= 11 is 0. The molecule has 4 heteroatoms. The molecule has 0 aliphatic carbocycles. The Morgan fingerprint density at radius 1 is 1.37 bits per heavy atom. The van der Waals surface area contributed by atoms with Crippen molar-refractivity contribution in [1.82, 2.24) is 14.7 Å². The molecule has 0 saturated carbocycles. The summed E-state index contributed by atoms with van der Waals surface area (Å²) in [6.45, 7) is 3.17. The Morgan fingerprint density at radius 2 is 2.26 bits per heavy atom. The van der Waals surface area contributed by atoms with Crippen molar-refractivity contribution in [2.45, 2.75) is 19.4 Å². The van der Waals surface area contributed by atoms with Crippen molar-refractivity contribution >= 4 is 5.69 Å². The lowest BCUT2D eigenvalue weighted by Gasteiger charge is -2.29. The van der Waals surface area contributed by atoms with Gasteiger partial charge in [-0.3, -0.25) is 9.58 Å². The highest BCUT2D eigenvalue weighted by Gasteiger charge is 2.17. The fourth-order valence-electron chi connectivity index (χ4n) is 2.74. The van der Waals surface area contributed by atoms with E-state index in [2.05, 4.69) is 28.3 Å². The van der Waals surface area contributed by atoms with Crippen LogP contribution < -0.4 is 5.73 Å². The first-order chi connectivity index (χ1) is 9.22. The molecule has 19 heavy (non-hydrogen) atoms. The predicted molar refractivity (Wildman–Crippen MR) is 76.7 cm³/mol. The van der Waals surface area contributed by atoms with Gasteiger partial charge in [0, 0.05) is 38.6 Å². The summed E-state index contributed by atoms with van der Waals surface area (Å²) in [5, 5.41) is 4.21. The van der Waals surface area contributed by atoms with Gasteiger partial charge in [-0.25, -0.2) is 0 Å². The van der Waals surface area contributed by atoms with E-state index in [9.17, 15) is 0 Å². The van der Waals surface area contributed by atoms with Crippen LogP contribution in [0.15, 0.2) is 30.6 Å². The van der Waals surface area contributed by atoms with E-state index in [0.29, 0.717) is 0 Å². The van der Waals surface area contributed by atoms with Crippen molar-refractivity contribution in [2.75, 3.05) is 18.8 Å². The second-order valence-electron chi connectivity index (χ2n) is 5.28. The van der Waals surface area contributed by atoms with Gasteiger partial charge in [-0.2, -0.15) is 5.10 Å². The van der Waals surface area contributed by atoms with Crippen molar-refractivity contribution in [2.24, 2.45) is 7.05 Å². The Balaban J connectivity index is 1.64. The first-order valence-corrected chi connectivity index (χ1v) is 6.78. The Morgan fingerprint density at radius 3 is 3.05 bits per heavy atom. The molecule has 2 aromatic rings. The number of aromatic nitrogens is 2. The minimum absolute atomic E-state index is 0.934. The van der Waals surface area contributed by atoms with Gasteiger partial charge >= 0.3 is 0 Å². The zero-order chi connectivity index (χ0) is 13.2. The van der Waals surface area contributed by atoms with E-state index in [1.165, 1.54) is 16.7 Å². The summed E-state index contributed by atoms with van der Waals surface area (Å²) in [6.07, 6.45) is 6.20. The third kappa shape index (κ3) is 2.63. The Hall–Kier alpha value is -1.81. The van der Waals surface area contributed by atoms with Crippen LogP contribution in [-0.2, 0) is 26.4 Å². The molecule has 2 heterocycles. The summed E-state index contributed by atoms with van der Waals surface area (Å²) in [7, 11) is 1.96. The van der Waals surface area contributed by atoms with Crippen LogP contribution in [0.1, 0.15) is 16.7 Å². The molecule has 1 aliphatic rings. The molecular weight excluding hydrogens is 236 g/mol. The molecule has 0 spiro atoms. The van der Waals surface area contributed by atoms with Crippen LogP contribution >= 0.6 is 0 Å². The third-order valence-corrected chi connectivity index (χ3v) is 3.86. The molecule has 0 atom stereocenters. The molecular formula is C15H20N4. The first-order valence-electron chi connectivity index (χ1n) is 6.78. The summed E-state index contributed by atoms with van der Waals surface area (Å²) in [4.78, 5) is 2.48. The van der Waals surface area contributed by atoms with Gasteiger partial charge in [-0.05, 0) is 35.6 Å². The lowest BCUT2D eigenvalue weighted by atomic mass is 9.98. The second kappa shape index (κ2) is 5.05. The van der Waals surface area contributed by atoms with Crippen molar-refractivity contribution in [3.05, 3.63) is 47.3 Å². The van der Waals surface area contributed by atoms with Crippen molar-refractivity contribution in [3.8, 4) is 0 Å². The maximum atomic E-state index is 6.07. The molecule has 2 N–H and O–H groups in total. The molecule has 0 radical (unpaired) electrons. The topological polar surface area (TPSA) is 47.1 Å². The molecule has 1 aliphatic heterocycles. The molecule has 3 rings (SSSR count). The standard InChI is InChI=1S/C15H20N4/c1-18-10-12(9-17-18)5-7-19-8-6-13-3-2-4-15(16)14(13)11-19/h2-4,9-10H,5-8,11,16H2,1H3. The van der Waals surface area contributed by atoms with Crippen LogP contribution in [0.2, 0.25) is 0 Å². The molecule has 0 amide bonds. The Labute approximate surface area is 113 Å². The average molecular weight is 256 g/mol. The molecule has 100 valence electrons. The number of fused-ring (bicyclic) bond motifs is 1. The maximum absolute atomic E-state index is 6.07. The number of anilines is 1. The second-order valence-corrected chi connectivity index (χ2v) is 5.28. The SMILES string of the molecule is Cn1cc(CCN2CCc3cccc(N)c3C2)cn1. The number of rotatable bonds is 3. The van der Waals surface area contributed by atoms with Gasteiger partial charge in [0.05, 0.1) is 6.20 Å². The number of nitrogens with two attached hydrogens (primary N) is 1. The van der Waals surface area contributed by atoms with Gasteiger partial charge < -0.3 is 5.73 Å². The third-order valence-electron chi connectivity index (χ3n) is 3.86. The summed E-state index contributed by atoms with van der Waals surface area (Å²) in [5.41, 5.74) is 11.0.